The maximum atomic E-state index is 13.6. The van der Waals surface area contributed by atoms with Crippen LogP contribution in [0.25, 0.3) is 0 Å². The van der Waals surface area contributed by atoms with Gasteiger partial charge >= 0.3 is 0 Å². The summed E-state index contributed by atoms with van der Waals surface area (Å²) in [5, 5.41) is 3.86. The van der Waals surface area contributed by atoms with Gasteiger partial charge in [-0.3, -0.25) is 0 Å². The van der Waals surface area contributed by atoms with Gasteiger partial charge < -0.3 is 5.32 Å². The highest BCUT2D eigenvalue weighted by Crippen LogP contribution is 2.31. The monoisotopic (exact) mass is 241 g/mol. The molecule has 1 aromatic rings. The van der Waals surface area contributed by atoms with Crippen molar-refractivity contribution >= 4 is 11.6 Å². The first-order valence-electron chi connectivity index (χ1n) is 5.82. The Balaban J connectivity index is 2.14. The fraction of sp³-hybridized carbons (Fsp3) is 0.538. The second-order valence-electron chi connectivity index (χ2n) is 4.49. The molecule has 0 heterocycles. The Morgan fingerprint density at radius 3 is 2.94 bits per heavy atom. The van der Waals surface area contributed by atoms with Crippen molar-refractivity contribution in [2.45, 2.75) is 31.7 Å². The quantitative estimate of drug-likeness (QED) is 0.855. The second kappa shape index (κ2) is 5.15. The van der Waals surface area contributed by atoms with Gasteiger partial charge in [0.05, 0.1) is 0 Å². The van der Waals surface area contributed by atoms with E-state index in [1.54, 1.807) is 12.1 Å². The first-order chi connectivity index (χ1) is 7.72. The van der Waals surface area contributed by atoms with E-state index >= 15 is 0 Å². The number of halogens is 2. The maximum absolute atomic E-state index is 13.6. The van der Waals surface area contributed by atoms with Gasteiger partial charge in [-0.1, -0.05) is 24.1 Å². The van der Waals surface area contributed by atoms with Crippen molar-refractivity contribution in [1.82, 2.24) is 5.32 Å². The lowest BCUT2D eigenvalue weighted by Crippen LogP contribution is -2.30. The molecule has 0 aliphatic heterocycles. The van der Waals surface area contributed by atoms with Crippen LogP contribution in [-0.2, 0) is 6.42 Å². The smallest absolute Gasteiger partial charge is 0.127 e. The number of rotatable bonds is 3. The normalized spacial score (nSPS) is 24.9. The molecule has 16 heavy (non-hydrogen) atoms. The molecule has 1 aliphatic carbocycles. The van der Waals surface area contributed by atoms with Gasteiger partial charge in [-0.15, -0.1) is 0 Å². The standard InChI is InChI=1S/C13H17ClFN/c1-16-13-7-2-4-9(13)8-10-11(14)5-3-6-12(10)15/h3,5-6,9,13,16H,2,4,7-8H2,1H3. The fourth-order valence-corrected chi connectivity index (χ4v) is 2.89. The van der Waals surface area contributed by atoms with E-state index in [2.05, 4.69) is 5.32 Å². The Bertz CT molecular complexity index is 347. The van der Waals surface area contributed by atoms with Crippen LogP contribution in [0.4, 0.5) is 4.39 Å². The minimum Gasteiger partial charge on any atom is -0.317 e. The third kappa shape index (κ3) is 2.38. The summed E-state index contributed by atoms with van der Waals surface area (Å²) < 4.78 is 13.6. The average Bonchev–Trinajstić information content (AvgIpc) is 2.71. The van der Waals surface area contributed by atoms with Crippen molar-refractivity contribution in [3.8, 4) is 0 Å². The Hall–Kier alpha value is -0.600. The van der Waals surface area contributed by atoms with Crippen molar-refractivity contribution in [3.05, 3.63) is 34.6 Å². The Morgan fingerprint density at radius 1 is 1.44 bits per heavy atom. The zero-order valence-electron chi connectivity index (χ0n) is 9.47. The van der Waals surface area contributed by atoms with Crippen molar-refractivity contribution in [2.75, 3.05) is 7.05 Å². The third-order valence-corrected chi connectivity index (χ3v) is 3.91. The molecule has 1 aliphatic rings. The van der Waals surface area contributed by atoms with Crippen LogP contribution in [0.2, 0.25) is 5.02 Å². The molecule has 2 rings (SSSR count). The van der Waals surface area contributed by atoms with E-state index < -0.39 is 0 Å². The van der Waals surface area contributed by atoms with Gasteiger partial charge in [0.1, 0.15) is 5.82 Å². The summed E-state index contributed by atoms with van der Waals surface area (Å²) in [6.45, 7) is 0. The molecule has 2 unspecified atom stereocenters. The molecule has 1 nitrogen and oxygen atoms in total. The first-order valence-corrected chi connectivity index (χ1v) is 6.20. The lowest BCUT2D eigenvalue weighted by molar-refractivity contribution is 0.417. The van der Waals surface area contributed by atoms with E-state index in [9.17, 15) is 4.39 Å². The molecular formula is C13H17ClFN. The molecule has 0 amide bonds. The molecule has 1 aromatic carbocycles. The molecule has 0 saturated heterocycles. The van der Waals surface area contributed by atoms with Gasteiger partial charge in [-0.05, 0) is 44.4 Å². The SMILES string of the molecule is CNC1CCCC1Cc1c(F)cccc1Cl. The van der Waals surface area contributed by atoms with Crippen LogP contribution in [0.5, 0.6) is 0 Å². The van der Waals surface area contributed by atoms with Gasteiger partial charge in [0.15, 0.2) is 0 Å². The van der Waals surface area contributed by atoms with Crippen molar-refractivity contribution in [3.63, 3.8) is 0 Å². The zero-order valence-corrected chi connectivity index (χ0v) is 10.2. The van der Waals surface area contributed by atoms with E-state index in [1.165, 1.54) is 18.9 Å². The third-order valence-electron chi connectivity index (χ3n) is 3.56. The van der Waals surface area contributed by atoms with Crippen LogP contribution >= 0.6 is 11.6 Å². The largest absolute Gasteiger partial charge is 0.317 e. The number of hydrogen-bond donors (Lipinski definition) is 1. The zero-order chi connectivity index (χ0) is 11.5. The molecule has 3 heteroatoms. The summed E-state index contributed by atoms with van der Waals surface area (Å²) in [6.07, 6.45) is 4.32. The van der Waals surface area contributed by atoms with Gasteiger partial charge in [-0.25, -0.2) is 4.39 Å². The summed E-state index contributed by atoms with van der Waals surface area (Å²) in [4.78, 5) is 0. The fourth-order valence-electron chi connectivity index (χ4n) is 2.65. The summed E-state index contributed by atoms with van der Waals surface area (Å²) in [6, 6.07) is 5.43. The summed E-state index contributed by atoms with van der Waals surface area (Å²) in [5.74, 6) is 0.341. The van der Waals surface area contributed by atoms with Crippen LogP contribution in [0.3, 0.4) is 0 Å². The Labute approximate surface area is 101 Å². The van der Waals surface area contributed by atoms with Crippen LogP contribution < -0.4 is 5.32 Å². The lowest BCUT2D eigenvalue weighted by Gasteiger charge is -2.19. The number of nitrogens with one attached hydrogen (secondary N) is 1. The molecule has 1 N–H and O–H groups in total. The average molecular weight is 242 g/mol. The number of hydrogen-bond acceptors (Lipinski definition) is 1. The predicted molar refractivity (Wildman–Crippen MR) is 65.3 cm³/mol. The van der Waals surface area contributed by atoms with Crippen LogP contribution in [-0.4, -0.2) is 13.1 Å². The summed E-state index contributed by atoms with van der Waals surface area (Å²) >= 11 is 6.04. The van der Waals surface area contributed by atoms with E-state index in [4.69, 9.17) is 11.6 Å². The first kappa shape index (κ1) is 11.9. The Morgan fingerprint density at radius 2 is 2.25 bits per heavy atom. The van der Waals surface area contributed by atoms with Crippen LogP contribution in [0.15, 0.2) is 18.2 Å². The molecule has 0 aromatic heterocycles. The van der Waals surface area contributed by atoms with Gasteiger partial charge in [0.2, 0.25) is 0 Å². The highest BCUT2D eigenvalue weighted by atomic mass is 35.5. The highest BCUT2D eigenvalue weighted by molar-refractivity contribution is 6.31. The van der Waals surface area contributed by atoms with Gasteiger partial charge in [-0.2, -0.15) is 0 Å². The minimum atomic E-state index is -0.172. The van der Waals surface area contributed by atoms with E-state index in [0.29, 0.717) is 22.5 Å². The molecule has 0 bridgehead atoms. The molecule has 0 radical (unpaired) electrons. The van der Waals surface area contributed by atoms with E-state index in [0.717, 1.165) is 12.8 Å². The van der Waals surface area contributed by atoms with E-state index in [-0.39, 0.29) is 5.82 Å². The minimum absolute atomic E-state index is 0.172. The van der Waals surface area contributed by atoms with Crippen LogP contribution in [0, 0.1) is 11.7 Å². The summed E-state index contributed by atoms with van der Waals surface area (Å²) in [5.41, 5.74) is 0.677. The van der Waals surface area contributed by atoms with Crippen LogP contribution in [0.1, 0.15) is 24.8 Å². The molecule has 88 valence electrons. The van der Waals surface area contributed by atoms with Crippen molar-refractivity contribution < 1.29 is 4.39 Å². The lowest BCUT2D eigenvalue weighted by atomic mass is 9.94. The predicted octanol–water partition coefficient (Wildman–Crippen LogP) is 3.41. The second-order valence-corrected chi connectivity index (χ2v) is 4.90. The number of benzene rings is 1. The summed E-state index contributed by atoms with van der Waals surface area (Å²) in [7, 11) is 1.98. The molecule has 1 saturated carbocycles. The topological polar surface area (TPSA) is 12.0 Å². The molecule has 2 atom stereocenters. The Kier molecular flexibility index (Phi) is 3.82. The molecular weight excluding hydrogens is 225 g/mol. The molecule has 0 spiro atoms. The van der Waals surface area contributed by atoms with E-state index in [1.807, 2.05) is 7.05 Å². The van der Waals surface area contributed by atoms with Gasteiger partial charge in [0.25, 0.3) is 0 Å². The molecule has 1 fully saturated rings. The van der Waals surface area contributed by atoms with Crippen molar-refractivity contribution in [1.29, 1.82) is 0 Å². The van der Waals surface area contributed by atoms with Crippen molar-refractivity contribution in [2.24, 2.45) is 5.92 Å². The maximum Gasteiger partial charge on any atom is 0.127 e. The highest BCUT2D eigenvalue weighted by Gasteiger charge is 2.27. The van der Waals surface area contributed by atoms with Gasteiger partial charge in [0, 0.05) is 16.6 Å².